The fraction of sp³-hybridized carbons (Fsp3) is 0.238. The van der Waals surface area contributed by atoms with Crippen LogP contribution in [-0.4, -0.2) is 39.2 Å². The Bertz CT molecular complexity index is 808. The average molecular weight is 370 g/mol. The van der Waals surface area contributed by atoms with Crippen LogP contribution in [0.4, 0.5) is 0 Å². The molecule has 0 atom stereocenters. The van der Waals surface area contributed by atoms with Gasteiger partial charge in [-0.15, -0.1) is 0 Å². The number of ether oxygens (including phenoxy) is 4. The molecule has 0 aliphatic rings. The van der Waals surface area contributed by atoms with Gasteiger partial charge in [0.1, 0.15) is 5.75 Å². The molecule has 0 amide bonds. The van der Waals surface area contributed by atoms with E-state index in [-0.39, 0.29) is 19.0 Å². The minimum Gasteiger partial charge on any atom is -0.497 e. The standard InChI is InChI=1S/C21H22O6/c1-4-5-15-6-11-19(20(12-15)25-3)26-14-21(23)27-13-18(22)16-7-9-17(24-2)10-8-16/h4-12H,13-14H2,1-3H3/b5-4+. The Morgan fingerprint density at radius 1 is 0.926 bits per heavy atom. The largest absolute Gasteiger partial charge is 0.497 e. The Morgan fingerprint density at radius 3 is 2.30 bits per heavy atom. The van der Waals surface area contributed by atoms with Crippen molar-refractivity contribution >= 4 is 17.8 Å². The van der Waals surface area contributed by atoms with Gasteiger partial charge in [0.15, 0.2) is 30.5 Å². The van der Waals surface area contributed by atoms with Crippen LogP contribution in [0.5, 0.6) is 17.2 Å². The summed E-state index contributed by atoms with van der Waals surface area (Å²) >= 11 is 0. The van der Waals surface area contributed by atoms with Crippen LogP contribution >= 0.6 is 0 Å². The number of ketones is 1. The minimum absolute atomic E-state index is 0.306. The quantitative estimate of drug-likeness (QED) is 0.497. The molecule has 0 aromatic heterocycles. The Hall–Kier alpha value is -3.28. The molecule has 0 bridgehead atoms. The average Bonchev–Trinajstić information content (AvgIpc) is 2.71. The summed E-state index contributed by atoms with van der Waals surface area (Å²) in [4.78, 5) is 23.9. The van der Waals surface area contributed by atoms with E-state index in [1.165, 1.54) is 7.11 Å². The monoisotopic (exact) mass is 370 g/mol. The van der Waals surface area contributed by atoms with Gasteiger partial charge >= 0.3 is 5.97 Å². The lowest BCUT2D eigenvalue weighted by molar-refractivity contribution is -0.144. The molecule has 0 unspecified atom stereocenters. The van der Waals surface area contributed by atoms with Gasteiger partial charge in [0.25, 0.3) is 0 Å². The maximum absolute atomic E-state index is 12.0. The highest BCUT2D eigenvalue weighted by molar-refractivity contribution is 5.98. The number of Topliss-reactive ketones (excluding diaryl/α,β-unsaturated/α-hetero) is 1. The highest BCUT2D eigenvalue weighted by atomic mass is 16.6. The van der Waals surface area contributed by atoms with Crippen LogP contribution in [0.2, 0.25) is 0 Å². The number of carbonyl (C=O) groups excluding carboxylic acids is 2. The van der Waals surface area contributed by atoms with Crippen molar-refractivity contribution in [2.24, 2.45) is 0 Å². The van der Waals surface area contributed by atoms with E-state index in [4.69, 9.17) is 18.9 Å². The van der Waals surface area contributed by atoms with Gasteiger partial charge in [-0.05, 0) is 48.9 Å². The second kappa shape index (κ2) is 10.0. The summed E-state index contributed by atoms with van der Waals surface area (Å²) < 4.78 is 20.7. The predicted octanol–water partition coefficient (Wildman–Crippen LogP) is 3.54. The first-order valence-corrected chi connectivity index (χ1v) is 8.33. The van der Waals surface area contributed by atoms with Crippen molar-refractivity contribution in [3.05, 3.63) is 59.7 Å². The second-order valence-electron chi connectivity index (χ2n) is 5.51. The second-order valence-corrected chi connectivity index (χ2v) is 5.51. The van der Waals surface area contributed by atoms with Crippen molar-refractivity contribution < 1.29 is 28.5 Å². The Morgan fingerprint density at radius 2 is 1.67 bits per heavy atom. The van der Waals surface area contributed by atoms with E-state index in [0.717, 1.165) is 5.56 Å². The molecule has 2 aromatic rings. The van der Waals surface area contributed by atoms with Crippen molar-refractivity contribution in [2.75, 3.05) is 27.4 Å². The number of rotatable bonds is 9. The molecule has 142 valence electrons. The van der Waals surface area contributed by atoms with E-state index in [0.29, 0.717) is 22.8 Å². The molecule has 0 saturated heterocycles. The fourth-order valence-electron chi connectivity index (χ4n) is 2.28. The van der Waals surface area contributed by atoms with Crippen LogP contribution in [0, 0.1) is 0 Å². The molecule has 0 spiro atoms. The number of carbonyl (C=O) groups is 2. The topological polar surface area (TPSA) is 71.1 Å². The van der Waals surface area contributed by atoms with Gasteiger partial charge in [0, 0.05) is 5.56 Å². The van der Waals surface area contributed by atoms with Gasteiger partial charge < -0.3 is 18.9 Å². The van der Waals surface area contributed by atoms with Crippen LogP contribution in [0.3, 0.4) is 0 Å². The lowest BCUT2D eigenvalue weighted by Crippen LogP contribution is -2.19. The first-order chi connectivity index (χ1) is 13.1. The van der Waals surface area contributed by atoms with Crippen molar-refractivity contribution in [3.8, 4) is 17.2 Å². The molecule has 0 radical (unpaired) electrons. The summed E-state index contributed by atoms with van der Waals surface area (Å²) in [6.07, 6.45) is 3.83. The van der Waals surface area contributed by atoms with Gasteiger partial charge in [0.05, 0.1) is 14.2 Å². The highest BCUT2D eigenvalue weighted by Crippen LogP contribution is 2.28. The summed E-state index contributed by atoms with van der Waals surface area (Å²) in [5.41, 5.74) is 1.39. The highest BCUT2D eigenvalue weighted by Gasteiger charge is 2.12. The van der Waals surface area contributed by atoms with Crippen molar-refractivity contribution in [1.82, 2.24) is 0 Å². The lowest BCUT2D eigenvalue weighted by Gasteiger charge is -2.11. The molecule has 0 heterocycles. The molecule has 0 fully saturated rings. The Labute approximate surface area is 158 Å². The van der Waals surface area contributed by atoms with Gasteiger partial charge in [-0.1, -0.05) is 18.2 Å². The maximum Gasteiger partial charge on any atom is 0.344 e. The Kier molecular flexibility index (Phi) is 7.43. The smallest absolute Gasteiger partial charge is 0.344 e. The zero-order chi connectivity index (χ0) is 19.6. The molecule has 6 heteroatoms. The van der Waals surface area contributed by atoms with Crippen molar-refractivity contribution in [3.63, 3.8) is 0 Å². The first kappa shape index (κ1) is 20.0. The van der Waals surface area contributed by atoms with E-state index in [1.807, 2.05) is 25.1 Å². The predicted molar refractivity (Wildman–Crippen MR) is 101 cm³/mol. The minimum atomic E-state index is -0.642. The van der Waals surface area contributed by atoms with Gasteiger partial charge in [-0.2, -0.15) is 0 Å². The van der Waals surface area contributed by atoms with E-state index in [2.05, 4.69) is 0 Å². The lowest BCUT2D eigenvalue weighted by atomic mass is 10.1. The molecule has 6 nitrogen and oxygen atoms in total. The number of hydrogen-bond acceptors (Lipinski definition) is 6. The number of hydrogen-bond donors (Lipinski definition) is 0. The number of allylic oxidation sites excluding steroid dienone is 1. The van der Waals surface area contributed by atoms with Crippen LogP contribution in [-0.2, 0) is 9.53 Å². The van der Waals surface area contributed by atoms with Crippen LogP contribution in [0.25, 0.3) is 6.08 Å². The van der Waals surface area contributed by atoms with E-state index in [9.17, 15) is 9.59 Å². The molecule has 27 heavy (non-hydrogen) atoms. The van der Waals surface area contributed by atoms with Gasteiger partial charge in [-0.25, -0.2) is 4.79 Å². The van der Waals surface area contributed by atoms with Crippen LogP contribution in [0.1, 0.15) is 22.8 Å². The maximum atomic E-state index is 12.0. The molecule has 0 aliphatic heterocycles. The molecule has 2 aromatic carbocycles. The van der Waals surface area contributed by atoms with Crippen molar-refractivity contribution in [1.29, 1.82) is 0 Å². The molecule has 0 saturated carbocycles. The third-order valence-corrected chi connectivity index (χ3v) is 3.67. The summed E-state index contributed by atoms with van der Waals surface area (Å²) in [6.45, 7) is 1.24. The van der Waals surface area contributed by atoms with Crippen molar-refractivity contribution in [2.45, 2.75) is 6.92 Å². The molecule has 0 aliphatic carbocycles. The van der Waals surface area contributed by atoms with Gasteiger partial charge in [-0.3, -0.25) is 4.79 Å². The number of methoxy groups -OCH3 is 2. The number of benzene rings is 2. The summed E-state index contributed by atoms with van der Waals surface area (Å²) in [5.74, 6) is 0.624. The van der Waals surface area contributed by atoms with E-state index in [1.54, 1.807) is 43.5 Å². The molecular weight excluding hydrogens is 348 g/mol. The number of esters is 1. The summed E-state index contributed by atoms with van der Waals surface area (Å²) in [7, 11) is 3.06. The molecular formula is C21H22O6. The zero-order valence-corrected chi connectivity index (χ0v) is 15.6. The van der Waals surface area contributed by atoms with Crippen LogP contribution in [0.15, 0.2) is 48.5 Å². The first-order valence-electron chi connectivity index (χ1n) is 8.33. The van der Waals surface area contributed by atoms with E-state index < -0.39 is 5.97 Å². The Balaban J connectivity index is 1.86. The SMILES string of the molecule is C/C=C/c1ccc(OCC(=O)OCC(=O)c2ccc(OC)cc2)c(OC)c1. The van der Waals surface area contributed by atoms with Gasteiger partial charge in [0.2, 0.25) is 0 Å². The van der Waals surface area contributed by atoms with E-state index >= 15 is 0 Å². The normalized spacial score (nSPS) is 10.5. The molecule has 0 N–H and O–H groups in total. The summed E-state index contributed by atoms with van der Waals surface area (Å²) in [5, 5.41) is 0. The fourth-order valence-corrected chi connectivity index (χ4v) is 2.28. The third kappa shape index (κ3) is 5.88. The zero-order valence-electron chi connectivity index (χ0n) is 15.6. The third-order valence-electron chi connectivity index (χ3n) is 3.67. The summed E-state index contributed by atoms with van der Waals surface area (Å²) in [6, 6.07) is 11.9. The van der Waals surface area contributed by atoms with Crippen LogP contribution < -0.4 is 14.2 Å². The molecule has 2 rings (SSSR count).